The number of benzene rings is 1. The van der Waals surface area contributed by atoms with Gasteiger partial charge in [-0.05, 0) is 43.4 Å². The fourth-order valence-corrected chi connectivity index (χ4v) is 3.60. The third-order valence-corrected chi connectivity index (χ3v) is 5.08. The maximum absolute atomic E-state index is 13.3. The van der Waals surface area contributed by atoms with Crippen LogP contribution >= 0.6 is 0 Å². The number of hydrogen-bond acceptors (Lipinski definition) is 2. The Kier molecular flexibility index (Phi) is 5.72. The molecule has 0 aromatic heterocycles. The quantitative estimate of drug-likeness (QED) is 0.781. The van der Waals surface area contributed by atoms with Crippen molar-refractivity contribution in [2.45, 2.75) is 69.2 Å². The van der Waals surface area contributed by atoms with Crippen LogP contribution in [0.5, 0.6) is 0 Å². The molecule has 2 aliphatic rings. The first kappa shape index (κ1) is 19.6. The van der Waals surface area contributed by atoms with Crippen LogP contribution < -0.4 is 5.32 Å². The average molecular weight is 386 g/mol. The molecule has 1 N–H and O–H groups in total. The molecular formula is C19H22F4N2O2. The first-order chi connectivity index (χ1) is 12.8. The van der Waals surface area contributed by atoms with Crippen LogP contribution in [0.25, 0.3) is 0 Å². The van der Waals surface area contributed by atoms with Crippen molar-refractivity contribution in [1.82, 2.24) is 10.2 Å². The molecule has 0 spiro atoms. The molecule has 0 heterocycles. The van der Waals surface area contributed by atoms with E-state index < -0.39 is 35.9 Å². The highest BCUT2D eigenvalue weighted by atomic mass is 19.4. The van der Waals surface area contributed by atoms with Crippen molar-refractivity contribution in [3.05, 3.63) is 35.6 Å². The number of hydrogen-bond donors (Lipinski definition) is 1. The van der Waals surface area contributed by atoms with Crippen LogP contribution in [0.4, 0.5) is 17.6 Å². The summed E-state index contributed by atoms with van der Waals surface area (Å²) in [6.07, 6.45) is 0.226. The Morgan fingerprint density at radius 3 is 2.11 bits per heavy atom. The summed E-state index contributed by atoms with van der Waals surface area (Å²) in [5.41, 5.74) is 0.175. The number of nitrogens with zero attached hydrogens (tertiary/aromatic N) is 1. The van der Waals surface area contributed by atoms with Crippen molar-refractivity contribution >= 4 is 11.8 Å². The summed E-state index contributed by atoms with van der Waals surface area (Å²) < 4.78 is 52.8. The molecular weight excluding hydrogens is 364 g/mol. The second-order valence-electron chi connectivity index (χ2n) is 7.24. The van der Waals surface area contributed by atoms with Gasteiger partial charge in [-0.1, -0.05) is 31.4 Å². The minimum absolute atomic E-state index is 0.115. The largest absolute Gasteiger partial charge is 0.471 e. The molecule has 0 bridgehead atoms. The van der Waals surface area contributed by atoms with Crippen molar-refractivity contribution in [1.29, 1.82) is 0 Å². The van der Waals surface area contributed by atoms with Gasteiger partial charge in [0.25, 0.3) is 0 Å². The van der Waals surface area contributed by atoms with E-state index in [4.69, 9.17) is 0 Å². The first-order valence-electron chi connectivity index (χ1n) is 9.22. The standard InChI is InChI=1S/C19H22F4N2O2/c20-13-8-6-12(7-9-13)16(17(26)24-14-4-2-1-3-5-14)25(15-10-11-15)18(27)19(21,22)23/h6-9,14-16H,1-5,10-11H2,(H,24,26)/t16-/m1/s1. The maximum atomic E-state index is 13.3. The fraction of sp³-hybridized carbons (Fsp3) is 0.579. The minimum atomic E-state index is -5.08. The van der Waals surface area contributed by atoms with Crippen molar-refractivity contribution in [2.24, 2.45) is 0 Å². The van der Waals surface area contributed by atoms with E-state index >= 15 is 0 Å². The molecule has 27 heavy (non-hydrogen) atoms. The van der Waals surface area contributed by atoms with E-state index in [0.717, 1.165) is 44.2 Å². The summed E-state index contributed by atoms with van der Waals surface area (Å²) in [6, 6.07) is 2.52. The third kappa shape index (κ3) is 4.78. The van der Waals surface area contributed by atoms with E-state index in [1.54, 1.807) is 0 Å². The smallest absolute Gasteiger partial charge is 0.351 e. The Labute approximate surface area is 154 Å². The number of rotatable bonds is 5. The van der Waals surface area contributed by atoms with Gasteiger partial charge in [-0.25, -0.2) is 4.39 Å². The molecule has 1 aromatic rings. The van der Waals surface area contributed by atoms with Crippen molar-refractivity contribution in [2.75, 3.05) is 0 Å². The van der Waals surface area contributed by atoms with Crippen LogP contribution in [-0.2, 0) is 9.59 Å². The Balaban J connectivity index is 1.91. The molecule has 0 saturated heterocycles. The van der Waals surface area contributed by atoms with Gasteiger partial charge in [-0.2, -0.15) is 13.2 Å². The second-order valence-corrected chi connectivity index (χ2v) is 7.24. The summed E-state index contributed by atoms with van der Waals surface area (Å²) >= 11 is 0. The zero-order valence-corrected chi connectivity index (χ0v) is 14.8. The Morgan fingerprint density at radius 1 is 1.00 bits per heavy atom. The molecule has 1 atom stereocenters. The summed E-state index contributed by atoms with van der Waals surface area (Å²) in [5.74, 6) is -3.23. The number of amides is 2. The van der Waals surface area contributed by atoms with Gasteiger partial charge in [0, 0.05) is 12.1 Å². The van der Waals surface area contributed by atoms with Gasteiger partial charge < -0.3 is 10.2 Å². The molecule has 0 unspecified atom stereocenters. The summed E-state index contributed by atoms with van der Waals surface area (Å²) in [7, 11) is 0. The number of carbonyl (C=O) groups excluding carboxylic acids is 2. The molecule has 2 aliphatic carbocycles. The van der Waals surface area contributed by atoms with E-state index in [9.17, 15) is 27.2 Å². The molecule has 8 heteroatoms. The molecule has 1 aromatic carbocycles. The van der Waals surface area contributed by atoms with Gasteiger partial charge in [-0.15, -0.1) is 0 Å². The zero-order valence-electron chi connectivity index (χ0n) is 14.8. The van der Waals surface area contributed by atoms with Crippen LogP contribution in [-0.4, -0.2) is 35.0 Å². The lowest BCUT2D eigenvalue weighted by atomic mass is 9.94. The Hall–Kier alpha value is -2.12. The Bertz CT molecular complexity index is 680. The molecule has 2 saturated carbocycles. The Morgan fingerprint density at radius 2 is 1.59 bits per heavy atom. The van der Waals surface area contributed by atoms with Gasteiger partial charge in [-0.3, -0.25) is 9.59 Å². The zero-order chi connectivity index (χ0) is 19.6. The minimum Gasteiger partial charge on any atom is -0.351 e. The number of nitrogens with one attached hydrogen (secondary N) is 1. The number of halogens is 4. The monoisotopic (exact) mass is 386 g/mol. The van der Waals surface area contributed by atoms with Crippen LogP contribution in [0.15, 0.2) is 24.3 Å². The SMILES string of the molecule is O=C(NC1CCCCC1)[C@@H](c1ccc(F)cc1)N(C(=O)C(F)(F)F)C1CC1. The van der Waals surface area contributed by atoms with Crippen molar-refractivity contribution in [3.63, 3.8) is 0 Å². The van der Waals surface area contributed by atoms with Gasteiger partial charge >= 0.3 is 12.1 Å². The van der Waals surface area contributed by atoms with E-state index in [-0.39, 0.29) is 11.6 Å². The number of carbonyl (C=O) groups is 2. The first-order valence-corrected chi connectivity index (χ1v) is 9.22. The molecule has 0 aliphatic heterocycles. The summed E-state index contributed by atoms with van der Waals surface area (Å²) in [6.45, 7) is 0. The summed E-state index contributed by atoms with van der Waals surface area (Å²) in [4.78, 5) is 25.6. The van der Waals surface area contributed by atoms with Crippen LogP contribution in [0.3, 0.4) is 0 Å². The topological polar surface area (TPSA) is 49.4 Å². The highest BCUT2D eigenvalue weighted by Gasteiger charge is 2.51. The fourth-order valence-electron chi connectivity index (χ4n) is 3.60. The molecule has 148 valence electrons. The molecule has 3 rings (SSSR count). The van der Waals surface area contributed by atoms with E-state index in [1.807, 2.05) is 0 Å². The second kappa shape index (κ2) is 7.86. The van der Waals surface area contributed by atoms with Crippen LogP contribution in [0.2, 0.25) is 0 Å². The predicted molar refractivity (Wildman–Crippen MR) is 90.1 cm³/mol. The van der Waals surface area contributed by atoms with Gasteiger partial charge in [0.05, 0.1) is 0 Å². The highest BCUT2D eigenvalue weighted by molar-refractivity contribution is 5.91. The van der Waals surface area contributed by atoms with Crippen molar-refractivity contribution in [3.8, 4) is 0 Å². The van der Waals surface area contributed by atoms with Gasteiger partial charge in [0.1, 0.15) is 11.9 Å². The van der Waals surface area contributed by atoms with Crippen molar-refractivity contribution < 1.29 is 27.2 Å². The lowest BCUT2D eigenvalue weighted by molar-refractivity contribution is -0.189. The average Bonchev–Trinajstić information content (AvgIpc) is 3.45. The lowest BCUT2D eigenvalue weighted by Gasteiger charge is -2.33. The maximum Gasteiger partial charge on any atom is 0.471 e. The third-order valence-electron chi connectivity index (χ3n) is 5.08. The van der Waals surface area contributed by atoms with Crippen LogP contribution in [0, 0.1) is 5.82 Å². The molecule has 0 radical (unpaired) electrons. The van der Waals surface area contributed by atoms with Gasteiger partial charge in [0.15, 0.2) is 0 Å². The molecule has 4 nitrogen and oxygen atoms in total. The lowest BCUT2D eigenvalue weighted by Crippen LogP contribution is -2.51. The van der Waals surface area contributed by atoms with Crippen LogP contribution in [0.1, 0.15) is 56.6 Å². The molecule has 2 amide bonds. The summed E-state index contributed by atoms with van der Waals surface area (Å²) in [5, 5.41) is 2.81. The number of alkyl halides is 3. The van der Waals surface area contributed by atoms with E-state index in [0.29, 0.717) is 17.7 Å². The highest BCUT2D eigenvalue weighted by Crippen LogP contribution is 2.38. The van der Waals surface area contributed by atoms with Gasteiger partial charge in [0.2, 0.25) is 5.91 Å². The van der Waals surface area contributed by atoms with E-state index in [1.165, 1.54) is 12.1 Å². The normalized spacial score (nSPS) is 19.4. The van der Waals surface area contributed by atoms with E-state index in [2.05, 4.69) is 5.32 Å². The predicted octanol–water partition coefficient (Wildman–Crippen LogP) is 3.87. The molecule has 2 fully saturated rings.